The largest absolute Gasteiger partial charge is 0.481 e. The molecule has 0 aromatic heterocycles. The van der Waals surface area contributed by atoms with Crippen molar-refractivity contribution < 1.29 is 23.8 Å². The van der Waals surface area contributed by atoms with Crippen molar-refractivity contribution in [3.63, 3.8) is 0 Å². The lowest BCUT2D eigenvalue weighted by Crippen LogP contribution is -2.27. The standard InChI is InChI=1S/C12H13FO4/c1-2-17-12(16)10(11(14)15)7-8-3-5-9(13)6-4-8/h3-6,10H,2,7H2,1H3,(H,14,15). The molecule has 92 valence electrons. The van der Waals surface area contributed by atoms with Gasteiger partial charge >= 0.3 is 11.9 Å². The molecule has 0 spiro atoms. The fourth-order valence-corrected chi connectivity index (χ4v) is 1.37. The van der Waals surface area contributed by atoms with Crippen molar-refractivity contribution in [1.82, 2.24) is 0 Å². The van der Waals surface area contributed by atoms with Crippen molar-refractivity contribution in [2.24, 2.45) is 5.92 Å². The predicted molar refractivity (Wildman–Crippen MR) is 57.9 cm³/mol. The van der Waals surface area contributed by atoms with Crippen molar-refractivity contribution in [3.05, 3.63) is 35.6 Å². The summed E-state index contributed by atoms with van der Waals surface area (Å²) in [5.74, 6) is -3.67. The van der Waals surface area contributed by atoms with Crippen molar-refractivity contribution in [1.29, 1.82) is 0 Å². The second-order valence-electron chi connectivity index (χ2n) is 3.47. The SMILES string of the molecule is CCOC(=O)C(Cc1ccc(F)cc1)C(=O)O. The van der Waals surface area contributed by atoms with E-state index in [1.54, 1.807) is 6.92 Å². The van der Waals surface area contributed by atoms with Crippen LogP contribution in [0.2, 0.25) is 0 Å². The van der Waals surface area contributed by atoms with Gasteiger partial charge < -0.3 is 9.84 Å². The summed E-state index contributed by atoms with van der Waals surface area (Å²) >= 11 is 0. The van der Waals surface area contributed by atoms with Gasteiger partial charge in [-0.1, -0.05) is 12.1 Å². The number of halogens is 1. The molecular formula is C12H13FO4. The van der Waals surface area contributed by atoms with Crippen LogP contribution in [-0.4, -0.2) is 23.7 Å². The van der Waals surface area contributed by atoms with E-state index in [0.29, 0.717) is 5.56 Å². The Morgan fingerprint density at radius 1 is 1.35 bits per heavy atom. The molecule has 17 heavy (non-hydrogen) atoms. The van der Waals surface area contributed by atoms with E-state index in [1.807, 2.05) is 0 Å². The highest BCUT2D eigenvalue weighted by molar-refractivity contribution is 5.94. The Morgan fingerprint density at radius 3 is 2.41 bits per heavy atom. The minimum Gasteiger partial charge on any atom is -0.481 e. The molecule has 0 radical (unpaired) electrons. The molecule has 1 aromatic rings. The van der Waals surface area contributed by atoms with Crippen LogP contribution in [0.15, 0.2) is 24.3 Å². The van der Waals surface area contributed by atoms with Crippen LogP contribution in [0.5, 0.6) is 0 Å². The Morgan fingerprint density at radius 2 is 1.94 bits per heavy atom. The lowest BCUT2D eigenvalue weighted by atomic mass is 9.99. The topological polar surface area (TPSA) is 63.6 Å². The fourth-order valence-electron chi connectivity index (χ4n) is 1.37. The first kappa shape index (κ1) is 13.2. The number of rotatable bonds is 5. The third-order valence-electron chi connectivity index (χ3n) is 2.22. The first-order chi connectivity index (χ1) is 8.04. The van der Waals surface area contributed by atoms with Crippen LogP contribution in [-0.2, 0) is 20.7 Å². The van der Waals surface area contributed by atoms with E-state index in [0.717, 1.165) is 0 Å². The molecule has 1 atom stereocenters. The Balaban J connectivity index is 2.76. The Bertz CT molecular complexity index is 399. The molecule has 5 heteroatoms. The molecule has 1 aromatic carbocycles. The maximum Gasteiger partial charge on any atom is 0.320 e. The molecule has 0 aliphatic rings. The van der Waals surface area contributed by atoms with Crippen molar-refractivity contribution in [3.8, 4) is 0 Å². The lowest BCUT2D eigenvalue weighted by molar-refractivity contribution is -0.158. The number of carboxylic acids is 1. The summed E-state index contributed by atoms with van der Waals surface area (Å²) in [5, 5.41) is 8.91. The smallest absolute Gasteiger partial charge is 0.320 e. The van der Waals surface area contributed by atoms with E-state index in [4.69, 9.17) is 5.11 Å². The normalized spacial score (nSPS) is 11.9. The van der Waals surface area contributed by atoms with Crippen molar-refractivity contribution in [2.75, 3.05) is 6.61 Å². The maximum absolute atomic E-state index is 12.7. The predicted octanol–water partition coefficient (Wildman–Crippen LogP) is 1.63. The summed E-state index contributed by atoms with van der Waals surface area (Å²) in [5.41, 5.74) is 0.576. The molecule has 0 amide bonds. The minimum absolute atomic E-state index is 0.00551. The van der Waals surface area contributed by atoms with Gasteiger partial charge in [-0.05, 0) is 31.0 Å². The first-order valence-corrected chi connectivity index (χ1v) is 5.18. The number of ether oxygens (including phenoxy) is 1. The number of carboxylic acid groups (broad SMARTS) is 1. The van der Waals surface area contributed by atoms with Gasteiger partial charge in [-0.25, -0.2) is 4.39 Å². The van der Waals surface area contributed by atoms with Crippen LogP contribution in [0, 0.1) is 11.7 Å². The second-order valence-corrected chi connectivity index (χ2v) is 3.47. The van der Waals surface area contributed by atoms with Gasteiger partial charge in [-0.2, -0.15) is 0 Å². The highest BCUT2D eigenvalue weighted by atomic mass is 19.1. The molecule has 0 saturated heterocycles. The average Bonchev–Trinajstić information content (AvgIpc) is 2.28. The van der Waals surface area contributed by atoms with Gasteiger partial charge in [-0.3, -0.25) is 9.59 Å². The molecular weight excluding hydrogens is 227 g/mol. The van der Waals surface area contributed by atoms with Crippen molar-refractivity contribution in [2.45, 2.75) is 13.3 Å². The highest BCUT2D eigenvalue weighted by Crippen LogP contribution is 2.12. The maximum atomic E-state index is 12.7. The summed E-state index contributed by atoms with van der Waals surface area (Å²) in [6.45, 7) is 1.74. The van der Waals surface area contributed by atoms with Gasteiger partial charge in [0.05, 0.1) is 6.61 Å². The lowest BCUT2D eigenvalue weighted by Gasteiger charge is -2.11. The van der Waals surface area contributed by atoms with E-state index in [2.05, 4.69) is 4.74 Å². The van der Waals surface area contributed by atoms with E-state index in [1.165, 1.54) is 24.3 Å². The third kappa shape index (κ3) is 3.86. The monoisotopic (exact) mass is 240 g/mol. The average molecular weight is 240 g/mol. The summed E-state index contributed by atoms with van der Waals surface area (Å²) < 4.78 is 17.3. The van der Waals surface area contributed by atoms with E-state index >= 15 is 0 Å². The summed E-state index contributed by atoms with van der Waals surface area (Å²) in [7, 11) is 0. The highest BCUT2D eigenvalue weighted by Gasteiger charge is 2.27. The van der Waals surface area contributed by atoms with Crippen LogP contribution < -0.4 is 0 Å². The zero-order valence-corrected chi connectivity index (χ0v) is 9.35. The molecule has 1 N–H and O–H groups in total. The van der Waals surface area contributed by atoms with Crippen LogP contribution in [0.4, 0.5) is 4.39 Å². The molecule has 1 unspecified atom stereocenters. The van der Waals surface area contributed by atoms with E-state index in [9.17, 15) is 14.0 Å². The fraction of sp³-hybridized carbons (Fsp3) is 0.333. The summed E-state index contributed by atoms with van der Waals surface area (Å²) in [6.07, 6.45) is -0.00551. The van der Waals surface area contributed by atoms with Crippen LogP contribution >= 0.6 is 0 Å². The van der Waals surface area contributed by atoms with Gasteiger partial charge in [0.25, 0.3) is 0 Å². The zero-order valence-electron chi connectivity index (χ0n) is 9.35. The molecule has 0 heterocycles. The van der Waals surface area contributed by atoms with Gasteiger partial charge in [-0.15, -0.1) is 0 Å². The van der Waals surface area contributed by atoms with Crippen LogP contribution in [0.25, 0.3) is 0 Å². The number of hydrogen-bond donors (Lipinski definition) is 1. The van der Waals surface area contributed by atoms with E-state index < -0.39 is 23.7 Å². The number of carbonyl (C=O) groups is 2. The van der Waals surface area contributed by atoms with Gasteiger partial charge in [0.1, 0.15) is 5.82 Å². The number of hydrogen-bond acceptors (Lipinski definition) is 3. The number of carbonyl (C=O) groups excluding carboxylic acids is 1. The quantitative estimate of drug-likeness (QED) is 0.627. The molecule has 0 bridgehead atoms. The van der Waals surface area contributed by atoms with E-state index in [-0.39, 0.29) is 13.0 Å². The number of benzene rings is 1. The Kier molecular flexibility index (Phi) is 4.63. The zero-order chi connectivity index (χ0) is 12.8. The molecule has 0 fully saturated rings. The first-order valence-electron chi connectivity index (χ1n) is 5.18. The number of aliphatic carboxylic acids is 1. The summed E-state index contributed by atoms with van der Waals surface area (Å²) in [6, 6.07) is 5.34. The number of esters is 1. The van der Waals surface area contributed by atoms with Gasteiger partial charge in [0.2, 0.25) is 0 Å². The molecule has 4 nitrogen and oxygen atoms in total. The third-order valence-corrected chi connectivity index (χ3v) is 2.22. The Hall–Kier alpha value is -1.91. The summed E-state index contributed by atoms with van der Waals surface area (Å²) in [4.78, 5) is 22.3. The molecule has 1 rings (SSSR count). The van der Waals surface area contributed by atoms with Gasteiger partial charge in [0.15, 0.2) is 5.92 Å². The van der Waals surface area contributed by atoms with Crippen LogP contribution in [0.3, 0.4) is 0 Å². The van der Waals surface area contributed by atoms with Crippen molar-refractivity contribution >= 4 is 11.9 Å². The second kappa shape index (κ2) is 5.98. The molecule has 0 aliphatic carbocycles. The molecule has 0 aliphatic heterocycles. The van der Waals surface area contributed by atoms with Crippen LogP contribution in [0.1, 0.15) is 12.5 Å². The molecule has 0 saturated carbocycles. The van der Waals surface area contributed by atoms with Gasteiger partial charge in [0, 0.05) is 0 Å². The minimum atomic E-state index is -1.25. The Labute approximate surface area is 98.0 Å².